The normalized spacial score (nSPS) is 11.8. The Morgan fingerprint density at radius 2 is 1.71 bits per heavy atom. The molecule has 3 aromatic carbocycles. The van der Waals surface area contributed by atoms with Crippen LogP contribution in [0.3, 0.4) is 0 Å². The molecule has 156 valence electrons. The minimum atomic E-state index is -0.498. The van der Waals surface area contributed by atoms with E-state index in [0.717, 1.165) is 11.1 Å². The third-order valence-electron chi connectivity index (χ3n) is 5.30. The average molecular weight is 415 g/mol. The number of ether oxygens (including phenoxy) is 1. The molecule has 0 atom stereocenters. The summed E-state index contributed by atoms with van der Waals surface area (Å²) in [6, 6.07) is 20.8. The highest BCUT2D eigenvalue weighted by Gasteiger charge is 2.28. The molecule has 31 heavy (non-hydrogen) atoms. The van der Waals surface area contributed by atoms with Gasteiger partial charge in [0.1, 0.15) is 12.4 Å². The Morgan fingerprint density at radius 1 is 1.03 bits per heavy atom. The van der Waals surface area contributed by atoms with Crippen molar-refractivity contribution in [1.29, 1.82) is 0 Å². The van der Waals surface area contributed by atoms with E-state index in [4.69, 9.17) is 9.84 Å². The van der Waals surface area contributed by atoms with Crippen LogP contribution in [-0.4, -0.2) is 24.4 Å². The van der Waals surface area contributed by atoms with Crippen molar-refractivity contribution >= 4 is 6.09 Å². The Balaban J connectivity index is 1.28. The number of fused-ring (bicyclic) bond motifs is 3. The number of hydrogen-bond donors (Lipinski definition) is 2. The molecule has 4 rings (SSSR count). The van der Waals surface area contributed by atoms with Crippen LogP contribution in [-0.2, 0) is 11.3 Å². The number of amides is 1. The standard InChI is InChI=1S/C26H22FNO3/c27-25-15-18(16-29)12-13-19(25)7-5-6-14-28-26(30)31-17-24-22-10-3-1-8-20(22)21-9-2-4-11-23(21)24/h1-4,8-13,15,24,29H,6,14,16-17H2,(H,28,30). The van der Waals surface area contributed by atoms with Crippen LogP contribution in [0.2, 0.25) is 0 Å². The Bertz CT molecular complexity index is 1120. The summed E-state index contributed by atoms with van der Waals surface area (Å²) >= 11 is 0. The minimum Gasteiger partial charge on any atom is -0.449 e. The van der Waals surface area contributed by atoms with Crippen LogP contribution in [0.25, 0.3) is 11.1 Å². The van der Waals surface area contributed by atoms with Crippen LogP contribution in [0, 0.1) is 17.7 Å². The van der Waals surface area contributed by atoms with Crippen molar-refractivity contribution in [2.75, 3.05) is 13.2 Å². The lowest BCUT2D eigenvalue weighted by molar-refractivity contribution is 0.143. The first-order chi connectivity index (χ1) is 15.2. The number of aliphatic hydroxyl groups excluding tert-OH is 1. The number of hydrogen-bond acceptors (Lipinski definition) is 3. The van der Waals surface area contributed by atoms with Gasteiger partial charge in [-0.2, -0.15) is 0 Å². The fourth-order valence-corrected chi connectivity index (χ4v) is 3.79. The van der Waals surface area contributed by atoms with Gasteiger partial charge in [0.05, 0.1) is 12.2 Å². The van der Waals surface area contributed by atoms with Gasteiger partial charge < -0.3 is 15.2 Å². The molecule has 1 amide bonds. The highest BCUT2D eigenvalue weighted by Crippen LogP contribution is 2.44. The molecule has 1 aliphatic rings. The quantitative estimate of drug-likeness (QED) is 0.473. The summed E-state index contributed by atoms with van der Waals surface area (Å²) in [4.78, 5) is 12.1. The predicted molar refractivity (Wildman–Crippen MR) is 117 cm³/mol. The first-order valence-electron chi connectivity index (χ1n) is 10.1. The van der Waals surface area contributed by atoms with E-state index in [1.807, 2.05) is 24.3 Å². The van der Waals surface area contributed by atoms with Gasteiger partial charge in [-0.25, -0.2) is 9.18 Å². The van der Waals surface area contributed by atoms with Crippen LogP contribution in [0.1, 0.15) is 34.6 Å². The number of nitrogens with one attached hydrogen (secondary N) is 1. The Hall–Kier alpha value is -3.62. The molecule has 0 heterocycles. The maximum Gasteiger partial charge on any atom is 0.407 e. The van der Waals surface area contributed by atoms with Gasteiger partial charge >= 0.3 is 6.09 Å². The van der Waals surface area contributed by atoms with E-state index in [2.05, 4.69) is 41.4 Å². The molecule has 0 saturated carbocycles. The van der Waals surface area contributed by atoms with E-state index >= 15 is 0 Å². The molecule has 0 saturated heterocycles. The van der Waals surface area contributed by atoms with E-state index < -0.39 is 11.9 Å². The molecule has 0 aromatic heterocycles. The van der Waals surface area contributed by atoms with E-state index in [1.165, 1.54) is 23.3 Å². The summed E-state index contributed by atoms with van der Waals surface area (Å²) in [6.07, 6.45) is -0.132. The lowest BCUT2D eigenvalue weighted by atomic mass is 9.98. The second kappa shape index (κ2) is 9.46. The van der Waals surface area contributed by atoms with Gasteiger partial charge in [0.2, 0.25) is 0 Å². The zero-order valence-electron chi connectivity index (χ0n) is 16.9. The van der Waals surface area contributed by atoms with Crippen LogP contribution >= 0.6 is 0 Å². The lowest BCUT2D eigenvalue weighted by Gasteiger charge is -2.14. The molecule has 0 fully saturated rings. The van der Waals surface area contributed by atoms with Gasteiger partial charge in [-0.3, -0.25) is 0 Å². The van der Waals surface area contributed by atoms with Gasteiger partial charge in [0.25, 0.3) is 0 Å². The topological polar surface area (TPSA) is 58.6 Å². The number of carbonyl (C=O) groups is 1. The van der Waals surface area contributed by atoms with Gasteiger partial charge in [0, 0.05) is 18.9 Å². The summed E-state index contributed by atoms with van der Waals surface area (Å²) in [5.41, 5.74) is 5.45. The molecule has 0 aliphatic heterocycles. The monoisotopic (exact) mass is 415 g/mol. The zero-order valence-corrected chi connectivity index (χ0v) is 16.9. The minimum absolute atomic E-state index is 0.0165. The van der Waals surface area contributed by atoms with Crippen LogP contribution in [0.4, 0.5) is 9.18 Å². The molecule has 0 spiro atoms. The van der Waals surface area contributed by atoms with Crippen molar-refractivity contribution in [2.45, 2.75) is 18.9 Å². The summed E-state index contributed by atoms with van der Waals surface area (Å²) in [6.45, 7) is 0.350. The molecule has 2 N–H and O–H groups in total. The van der Waals surface area contributed by atoms with Crippen molar-refractivity contribution in [1.82, 2.24) is 5.32 Å². The Kier molecular flexibility index (Phi) is 6.30. The SMILES string of the molecule is O=C(NCCC#Cc1ccc(CO)cc1F)OCC1c2ccccc2-c2ccccc21. The fourth-order valence-electron chi connectivity index (χ4n) is 3.79. The van der Waals surface area contributed by atoms with Crippen LogP contribution in [0.5, 0.6) is 0 Å². The fraction of sp³-hybridized carbons (Fsp3) is 0.192. The second-order valence-electron chi connectivity index (χ2n) is 7.28. The number of alkyl carbamates (subject to hydrolysis) is 1. The maximum atomic E-state index is 13.8. The number of rotatable bonds is 5. The molecule has 0 unspecified atom stereocenters. The molecule has 0 bridgehead atoms. The maximum absolute atomic E-state index is 13.8. The van der Waals surface area contributed by atoms with E-state index in [9.17, 15) is 9.18 Å². The second-order valence-corrected chi connectivity index (χ2v) is 7.28. The number of halogens is 1. The van der Waals surface area contributed by atoms with Gasteiger partial charge in [-0.15, -0.1) is 0 Å². The Morgan fingerprint density at radius 3 is 2.35 bits per heavy atom. The van der Waals surface area contributed by atoms with Crippen molar-refractivity contribution in [3.05, 3.63) is 94.8 Å². The molecule has 4 nitrogen and oxygen atoms in total. The molecule has 5 heteroatoms. The van der Waals surface area contributed by atoms with Gasteiger partial charge in [-0.05, 0) is 39.9 Å². The van der Waals surface area contributed by atoms with Crippen molar-refractivity contribution in [3.63, 3.8) is 0 Å². The molecule has 3 aromatic rings. The van der Waals surface area contributed by atoms with Crippen LogP contribution < -0.4 is 5.32 Å². The summed E-state index contributed by atoms with van der Waals surface area (Å²) in [5.74, 6) is 5.12. The molecular formula is C26H22FNO3. The van der Waals surface area contributed by atoms with E-state index in [0.29, 0.717) is 18.5 Å². The van der Waals surface area contributed by atoms with E-state index in [-0.39, 0.29) is 24.7 Å². The number of aliphatic hydroxyl groups is 1. The predicted octanol–water partition coefficient (Wildman–Crippen LogP) is 4.60. The number of benzene rings is 3. The third-order valence-corrected chi connectivity index (χ3v) is 5.30. The van der Waals surface area contributed by atoms with Crippen molar-refractivity contribution in [2.24, 2.45) is 0 Å². The van der Waals surface area contributed by atoms with Crippen molar-refractivity contribution in [3.8, 4) is 23.0 Å². The van der Waals surface area contributed by atoms with Crippen molar-refractivity contribution < 1.29 is 19.0 Å². The van der Waals surface area contributed by atoms with Crippen LogP contribution in [0.15, 0.2) is 66.7 Å². The third kappa shape index (κ3) is 4.60. The zero-order chi connectivity index (χ0) is 21.6. The molecule has 1 aliphatic carbocycles. The summed E-state index contributed by atoms with van der Waals surface area (Å²) in [7, 11) is 0. The van der Waals surface area contributed by atoms with Gasteiger partial charge in [0.15, 0.2) is 0 Å². The highest BCUT2D eigenvalue weighted by atomic mass is 19.1. The number of carbonyl (C=O) groups excluding carboxylic acids is 1. The largest absolute Gasteiger partial charge is 0.449 e. The van der Waals surface area contributed by atoms with E-state index in [1.54, 1.807) is 6.07 Å². The Labute approximate surface area is 180 Å². The molecule has 0 radical (unpaired) electrons. The first kappa shape index (κ1) is 20.6. The molecular weight excluding hydrogens is 393 g/mol. The smallest absolute Gasteiger partial charge is 0.407 e. The first-order valence-corrected chi connectivity index (χ1v) is 10.1. The average Bonchev–Trinajstić information content (AvgIpc) is 3.12. The highest BCUT2D eigenvalue weighted by molar-refractivity contribution is 5.79. The summed E-state index contributed by atoms with van der Waals surface area (Å²) < 4.78 is 19.3. The lowest BCUT2D eigenvalue weighted by Crippen LogP contribution is -2.26. The summed E-state index contributed by atoms with van der Waals surface area (Å²) in [5, 5.41) is 11.7. The van der Waals surface area contributed by atoms with Gasteiger partial charge in [-0.1, -0.05) is 66.4 Å².